The number of carbonyl (C=O) groups is 2. The van der Waals surface area contributed by atoms with Crippen LogP contribution >= 0.6 is 0 Å². The van der Waals surface area contributed by atoms with Gasteiger partial charge in [0, 0.05) is 42.4 Å². The maximum absolute atomic E-state index is 12.6. The lowest BCUT2D eigenvalue weighted by atomic mass is 10.1. The fourth-order valence-electron chi connectivity index (χ4n) is 3.58. The van der Waals surface area contributed by atoms with Gasteiger partial charge in [0.25, 0.3) is 0 Å². The van der Waals surface area contributed by atoms with E-state index in [1.54, 1.807) is 24.2 Å². The summed E-state index contributed by atoms with van der Waals surface area (Å²) in [6.07, 6.45) is 4.92. The first-order valence-corrected chi connectivity index (χ1v) is 9.78. The molecule has 1 aromatic carbocycles. The number of aryl methyl sites for hydroxylation is 1. The van der Waals surface area contributed by atoms with E-state index in [4.69, 9.17) is 4.42 Å². The molecule has 7 heteroatoms. The number of furan rings is 1. The molecule has 0 radical (unpaired) electrons. The summed E-state index contributed by atoms with van der Waals surface area (Å²) in [5.41, 5.74) is 3.61. The van der Waals surface area contributed by atoms with Gasteiger partial charge < -0.3 is 14.6 Å². The van der Waals surface area contributed by atoms with E-state index in [2.05, 4.69) is 10.3 Å². The topological polar surface area (TPSA) is 78.7 Å². The number of para-hydroxylation sites is 1. The molecular weight excluding hydrogens is 380 g/mol. The average Bonchev–Trinajstić information content (AvgIpc) is 2.94. The predicted molar refractivity (Wildman–Crippen MR) is 116 cm³/mol. The Bertz CT molecular complexity index is 1150. The number of likely N-dealkylation sites (N-methyl/N-ethyl adjacent to an activating group) is 2. The molecule has 4 rings (SSSR count). The Labute approximate surface area is 175 Å². The van der Waals surface area contributed by atoms with Crippen LogP contribution in [0.4, 0.5) is 5.82 Å². The fraction of sp³-hybridized carbons (Fsp3) is 0.261. The normalized spacial score (nSPS) is 14.6. The van der Waals surface area contributed by atoms with Crippen molar-refractivity contribution in [2.75, 3.05) is 26.0 Å². The highest BCUT2D eigenvalue weighted by Crippen LogP contribution is 2.26. The number of hydrogen-bond acceptors (Lipinski definition) is 5. The van der Waals surface area contributed by atoms with Crippen molar-refractivity contribution < 1.29 is 14.0 Å². The minimum absolute atomic E-state index is 0.0790. The number of fused-ring (bicyclic) bond motifs is 2. The van der Waals surface area contributed by atoms with E-state index < -0.39 is 0 Å². The van der Waals surface area contributed by atoms with Gasteiger partial charge in [0.2, 0.25) is 11.8 Å². The Morgan fingerprint density at radius 2 is 2.13 bits per heavy atom. The van der Waals surface area contributed by atoms with Crippen LogP contribution < -0.4 is 5.32 Å². The van der Waals surface area contributed by atoms with Crippen molar-refractivity contribution in [2.45, 2.75) is 20.0 Å². The van der Waals surface area contributed by atoms with Crippen LogP contribution in [-0.2, 0) is 22.7 Å². The standard InChI is InChI=1S/C23H24N4O3/c1-15-18-6-4-5-7-19(18)30-20(15)13-27(3)22(29)9-8-16-10-17-12-26(2)14-21(28)25-23(17)24-11-16/h4-11H,12-14H2,1-3H3,(H,24,25,28)/b9-8+. The lowest BCUT2D eigenvalue weighted by Gasteiger charge is -2.14. The summed E-state index contributed by atoms with van der Waals surface area (Å²) in [5, 5.41) is 3.87. The van der Waals surface area contributed by atoms with E-state index >= 15 is 0 Å². The lowest BCUT2D eigenvalue weighted by molar-refractivity contribution is -0.125. The number of amides is 2. The molecule has 0 saturated heterocycles. The quantitative estimate of drug-likeness (QED) is 0.676. The first-order valence-electron chi connectivity index (χ1n) is 9.78. The molecular formula is C23H24N4O3. The lowest BCUT2D eigenvalue weighted by Crippen LogP contribution is -2.26. The Kier molecular flexibility index (Phi) is 5.37. The average molecular weight is 404 g/mol. The Morgan fingerprint density at radius 1 is 1.33 bits per heavy atom. The van der Waals surface area contributed by atoms with Crippen LogP contribution in [0.15, 0.2) is 47.0 Å². The minimum atomic E-state index is -0.129. The molecule has 2 aromatic heterocycles. The summed E-state index contributed by atoms with van der Waals surface area (Å²) >= 11 is 0. The van der Waals surface area contributed by atoms with Gasteiger partial charge in [-0.1, -0.05) is 18.2 Å². The zero-order valence-electron chi connectivity index (χ0n) is 17.3. The van der Waals surface area contributed by atoms with Crippen molar-refractivity contribution in [1.29, 1.82) is 0 Å². The number of pyridine rings is 1. The molecule has 0 fully saturated rings. The molecule has 1 N–H and O–H groups in total. The Hall–Kier alpha value is -3.45. The smallest absolute Gasteiger partial charge is 0.246 e. The Balaban J connectivity index is 1.46. The van der Waals surface area contributed by atoms with Crippen LogP contribution in [-0.4, -0.2) is 47.2 Å². The van der Waals surface area contributed by atoms with E-state index in [-0.39, 0.29) is 11.8 Å². The highest BCUT2D eigenvalue weighted by atomic mass is 16.3. The van der Waals surface area contributed by atoms with Crippen molar-refractivity contribution in [3.8, 4) is 0 Å². The van der Waals surface area contributed by atoms with Gasteiger partial charge in [0.15, 0.2) is 0 Å². The first kappa shape index (κ1) is 19.8. The summed E-state index contributed by atoms with van der Waals surface area (Å²) in [6, 6.07) is 9.80. The second kappa shape index (κ2) is 8.12. The van der Waals surface area contributed by atoms with E-state index in [1.165, 1.54) is 6.08 Å². The minimum Gasteiger partial charge on any atom is -0.459 e. The van der Waals surface area contributed by atoms with Crippen LogP contribution in [0.5, 0.6) is 0 Å². The third kappa shape index (κ3) is 4.11. The van der Waals surface area contributed by atoms with E-state index in [0.29, 0.717) is 25.5 Å². The zero-order valence-corrected chi connectivity index (χ0v) is 17.3. The maximum atomic E-state index is 12.6. The van der Waals surface area contributed by atoms with Gasteiger partial charge >= 0.3 is 0 Å². The van der Waals surface area contributed by atoms with Gasteiger partial charge in [-0.05, 0) is 37.7 Å². The number of rotatable bonds is 4. The highest BCUT2D eigenvalue weighted by Gasteiger charge is 2.18. The molecule has 0 unspecified atom stereocenters. The van der Waals surface area contributed by atoms with Gasteiger partial charge in [-0.25, -0.2) is 4.98 Å². The van der Waals surface area contributed by atoms with Crippen molar-refractivity contribution in [3.63, 3.8) is 0 Å². The van der Waals surface area contributed by atoms with Gasteiger partial charge in [-0.15, -0.1) is 0 Å². The number of hydrogen-bond donors (Lipinski definition) is 1. The molecule has 1 aliphatic rings. The molecule has 2 amide bonds. The van der Waals surface area contributed by atoms with Crippen LogP contribution in [0.1, 0.15) is 22.5 Å². The SMILES string of the molecule is Cc1c(CN(C)C(=O)/C=C/c2cnc3c(c2)CN(C)CC(=O)N3)oc2ccccc12. The number of nitrogens with zero attached hydrogens (tertiary/aromatic N) is 3. The van der Waals surface area contributed by atoms with Crippen LogP contribution in [0.3, 0.4) is 0 Å². The fourth-order valence-corrected chi connectivity index (χ4v) is 3.58. The summed E-state index contributed by atoms with van der Waals surface area (Å²) in [4.78, 5) is 32.3. The number of nitrogens with one attached hydrogen (secondary N) is 1. The predicted octanol–water partition coefficient (Wildman–Crippen LogP) is 3.19. The molecule has 154 valence electrons. The van der Waals surface area contributed by atoms with Gasteiger partial charge in [0.05, 0.1) is 13.1 Å². The molecule has 1 aliphatic heterocycles. The highest BCUT2D eigenvalue weighted by molar-refractivity contribution is 5.93. The van der Waals surface area contributed by atoms with E-state index in [9.17, 15) is 9.59 Å². The number of aromatic nitrogens is 1. The van der Waals surface area contributed by atoms with E-state index in [0.717, 1.165) is 33.4 Å². The van der Waals surface area contributed by atoms with E-state index in [1.807, 2.05) is 49.2 Å². The molecule has 3 aromatic rings. The molecule has 0 spiro atoms. The van der Waals surface area contributed by atoms with Crippen molar-refractivity contribution in [3.05, 3.63) is 65.1 Å². The van der Waals surface area contributed by atoms with Crippen LogP contribution in [0.25, 0.3) is 17.0 Å². The number of benzene rings is 1. The largest absolute Gasteiger partial charge is 0.459 e. The summed E-state index contributed by atoms with van der Waals surface area (Å²) in [7, 11) is 3.63. The van der Waals surface area contributed by atoms with Gasteiger partial charge in [-0.2, -0.15) is 0 Å². The third-order valence-electron chi connectivity index (χ3n) is 5.22. The molecule has 0 saturated carbocycles. The molecule has 0 aliphatic carbocycles. The van der Waals surface area contributed by atoms with Crippen LogP contribution in [0, 0.1) is 6.92 Å². The molecule has 7 nitrogen and oxygen atoms in total. The zero-order chi connectivity index (χ0) is 21.3. The molecule has 0 atom stereocenters. The molecule has 3 heterocycles. The summed E-state index contributed by atoms with van der Waals surface area (Å²) in [5.74, 6) is 1.15. The maximum Gasteiger partial charge on any atom is 0.246 e. The van der Waals surface area contributed by atoms with Crippen molar-refractivity contribution in [1.82, 2.24) is 14.8 Å². The van der Waals surface area contributed by atoms with Gasteiger partial charge in [0.1, 0.15) is 17.2 Å². The van der Waals surface area contributed by atoms with Crippen molar-refractivity contribution in [2.24, 2.45) is 0 Å². The summed E-state index contributed by atoms with van der Waals surface area (Å²) < 4.78 is 5.91. The number of carbonyl (C=O) groups excluding carboxylic acids is 2. The Morgan fingerprint density at radius 3 is 2.93 bits per heavy atom. The van der Waals surface area contributed by atoms with Gasteiger partial charge in [-0.3, -0.25) is 14.5 Å². The number of anilines is 1. The first-order chi connectivity index (χ1) is 14.4. The second-order valence-corrected chi connectivity index (χ2v) is 7.67. The van der Waals surface area contributed by atoms with Crippen LogP contribution in [0.2, 0.25) is 0 Å². The molecule has 0 bridgehead atoms. The second-order valence-electron chi connectivity index (χ2n) is 7.67. The summed E-state index contributed by atoms with van der Waals surface area (Å²) in [6.45, 7) is 3.34. The third-order valence-corrected chi connectivity index (χ3v) is 5.22. The molecule has 30 heavy (non-hydrogen) atoms. The van der Waals surface area contributed by atoms with Crippen molar-refractivity contribution >= 4 is 34.7 Å². The monoisotopic (exact) mass is 404 g/mol.